The minimum absolute atomic E-state index is 0.0676. The van der Waals surface area contributed by atoms with Crippen LogP contribution in [0.5, 0.6) is 5.75 Å². The Kier molecular flexibility index (Phi) is 5.37. The van der Waals surface area contributed by atoms with Gasteiger partial charge < -0.3 is 0 Å². The first-order chi connectivity index (χ1) is 15.7. The van der Waals surface area contributed by atoms with Gasteiger partial charge in [0.2, 0.25) is 0 Å². The third kappa shape index (κ3) is 3.77. The summed E-state index contributed by atoms with van der Waals surface area (Å²) in [5, 5.41) is 31.5. The van der Waals surface area contributed by atoms with Gasteiger partial charge >= 0.3 is 196 Å². The molecule has 0 radical (unpaired) electrons. The van der Waals surface area contributed by atoms with Gasteiger partial charge in [0.05, 0.1) is 0 Å². The van der Waals surface area contributed by atoms with Crippen LogP contribution in [0.4, 0.5) is 5.82 Å². The predicted molar refractivity (Wildman–Crippen MR) is 103 cm³/mol. The molecule has 0 spiro atoms. The van der Waals surface area contributed by atoms with Crippen LogP contribution in [0.2, 0.25) is 0 Å². The Balaban J connectivity index is 1.75. The zero-order valence-electron chi connectivity index (χ0n) is 16.4. The first-order valence-electron chi connectivity index (χ1n) is 9.34. The molecule has 0 unspecified atom stereocenters. The van der Waals surface area contributed by atoms with Crippen LogP contribution in [-0.4, -0.2) is 74.1 Å². The number of aliphatic hydroxyl groups excluding tert-OH is 2. The van der Waals surface area contributed by atoms with Gasteiger partial charge in [-0.05, 0) is 0 Å². The van der Waals surface area contributed by atoms with Crippen molar-refractivity contribution in [1.82, 2.24) is 24.2 Å². The van der Waals surface area contributed by atoms with Crippen LogP contribution in [-0.2, 0) is 19.2 Å². The van der Waals surface area contributed by atoms with Crippen LogP contribution in [0.3, 0.4) is 0 Å². The molecule has 16 heteroatoms. The number of hydrogen-bond donors (Lipinski definition) is 5. The number of carbonyl (C=O) groups excluding carboxylic acids is 1. The number of phenolic OH excluding ortho intramolecular Hbond substituents is 1. The van der Waals surface area contributed by atoms with Gasteiger partial charge in [-0.2, -0.15) is 0 Å². The Hall–Kier alpha value is -2.64. The second kappa shape index (κ2) is 7.99. The maximum atomic E-state index is 12.8. The summed E-state index contributed by atoms with van der Waals surface area (Å²) >= 11 is -1.42. The fraction of sp³-hybridized carbons (Fsp3) is 0.294. The van der Waals surface area contributed by atoms with E-state index in [2.05, 4.69) is 15.0 Å². The summed E-state index contributed by atoms with van der Waals surface area (Å²) in [6, 6.07) is 4.27. The molecule has 1 amide bonds. The molecule has 3 aromatic rings. The molecule has 4 heterocycles. The molecule has 0 saturated carbocycles. The Morgan fingerprint density at radius 2 is 2.03 bits per heavy atom. The molecule has 5 rings (SSSR count). The molecule has 176 valence electrons. The van der Waals surface area contributed by atoms with Crippen molar-refractivity contribution in [2.45, 2.75) is 24.5 Å². The normalized spacial score (nSPS) is 27.3. The van der Waals surface area contributed by atoms with E-state index in [9.17, 15) is 28.5 Å². The van der Waals surface area contributed by atoms with E-state index in [4.69, 9.17) is 14.7 Å². The fourth-order valence-electron chi connectivity index (χ4n) is 3.53. The van der Waals surface area contributed by atoms with Crippen LogP contribution in [0, 0.1) is 7.40 Å². The standard InChI is InChI=1S/C17H16IN6O8S/c19-13-10-14(21-5-20-13)24-16-12(27)11(26)8(32-16)4-31-33(29,30)23-15(28)9-6(18-17(24)22-10)2-1-3-7(9)25/h1-3,5,8,11-12,16,25-27H,4H2,(H,23,28)(H2,19,20,21)/q-1/t8-,11-,12-,16-/m1/s1. The molecule has 14 nitrogen and oxygen atoms in total. The third-order valence-electron chi connectivity index (χ3n) is 5.06. The van der Waals surface area contributed by atoms with Gasteiger partial charge in [0.25, 0.3) is 0 Å². The number of aromatic hydroxyl groups is 1. The first-order valence-corrected chi connectivity index (χ1v) is 12.9. The van der Waals surface area contributed by atoms with Gasteiger partial charge in [-0.25, -0.2) is 0 Å². The van der Waals surface area contributed by atoms with Crippen LogP contribution >= 0.6 is 0 Å². The van der Waals surface area contributed by atoms with E-state index < -0.39 is 74.3 Å². The molecule has 2 bridgehead atoms. The number of imidazole rings is 1. The molecule has 6 N–H and O–H groups in total. The van der Waals surface area contributed by atoms with Gasteiger partial charge in [0.15, 0.2) is 0 Å². The van der Waals surface area contributed by atoms with Gasteiger partial charge in [0.1, 0.15) is 0 Å². The van der Waals surface area contributed by atoms with E-state index in [1.165, 1.54) is 29.1 Å². The second-order valence-corrected chi connectivity index (χ2v) is 11.1. The number of hydrogen-bond acceptors (Lipinski definition) is 12. The van der Waals surface area contributed by atoms with Crippen LogP contribution in [0.15, 0.2) is 24.5 Å². The number of amides is 1. The number of fused-ring (bicyclic) bond motifs is 7. The summed E-state index contributed by atoms with van der Waals surface area (Å²) in [6.45, 7) is -0.695. The van der Waals surface area contributed by atoms with Gasteiger partial charge in [-0.15, -0.1) is 0 Å². The summed E-state index contributed by atoms with van der Waals surface area (Å²) in [5.41, 5.74) is 6.12. The third-order valence-corrected chi connectivity index (χ3v) is 8.67. The number of ether oxygens (including phenoxy) is 1. The topological polar surface area (TPSA) is 212 Å². The molecule has 2 aliphatic heterocycles. The van der Waals surface area contributed by atoms with Gasteiger partial charge in [-0.3, -0.25) is 0 Å². The van der Waals surface area contributed by atoms with Crippen molar-refractivity contribution in [2.75, 3.05) is 12.3 Å². The Morgan fingerprint density at radius 3 is 2.82 bits per heavy atom. The van der Waals surface area contributed by atoms with Crippen molar-refractivity contribution in [3.63, 3.8) is 0 Å². The van der Waals surface area contributed by atoms with Crippen molar-refractivity contribution in [3.05, 3.63) is 37.5 Å². The average Bonchev–Trinajstić information content (AvgIpc) is 3.24. The summed E-state index contributed by atoms with van der Waals surface area (Å²) in [5.74, 6) is -1.47. The Morgan fingerprint density at radius 1 is 1.24 bits per heavy atom. The number of rotatable bonds is 0. The van der Waals surface area contributed by atoms with Crippen molar-refractivity contribution in [3.8, 4) is 5.75 Å². The van der Waals surface area contributed by atoms with E-state index in [1.807, 2.05) is 0 Å². The van der Waals surface area contributed by atoms with Crippen molar-refractivity contribution >= 4 is 33.2 Å². The number of aliphatic hydroxyl groups is 2. The van der Waals surface area contributed by atoms with Crippen molar-refractivity contribution in [1.29, 1.82) is 0 Å². The number of halogens is 1. The van der Waals surface area contributed by atoms with Crippen LogP contribution in [0.1, 0.15) is 16.6 Å². The minimum atomic E-state index is -4.62. The number of nitrogens with zero attached hydrogens (tertiary/aromatic N) is 4. The van der Waals surface area contributed by atoms with E-state index in [0.29, 0.717) is 7.40 Å². The first kappa shape index (κ1) is 22.2. The van der Waals surface area contributed by atoms with Crippen molar-refractivity contribution < 1.29 is 58.7 Å². The second-order valence-electron chi connectivity index (χ2n) is 7.13. The molecule has 2 aromatic heterocycles. The SMILES string of the molecule is Nc1ncnc2c1nc1n2[C@@H]2O[C@H](COS(=O)(=O)NC(=O)c3c(O)cccc3[I-]1)[C@@H](O)[C@H]2O. The number of benzene rings is 1. The quantitative estimate of drug-likeness (QED) is 0.123. The summed E-state index contributed by atoms with van der Waals surface area (Å²) in [4.78, 5) is 25.4. The average molecular weight is 591 g/mol. The molecule has 33 heavy (non-hydrogen) atoms. The summed E-state index contributed by atoms with van der Waals surface area (Å²) < 4.78 is 38.9. The van der Waals surface area contributed by atoms with Crippen LogP contribution in [0.25, 0.3) is 11.2 Å². The number of nitrogen functional groups attached to an aromatic ring is 1. The maximum absolute atomic E-state index is 12.8. The zero-order chi connectivity index (χ0) is 23.5. The van der Waals surface area contributed by atoms with Gasteiger partial charge in [0, 0.05) is 0 Å². The van der Waals surface area contributed by atoms with Gasteiger partial charge in [-0.1, -0.05) is 0 Å². The van der Waals surface area contributed by atoms with Crippen molar-refractivity contribution in [2.24, 2.45) is 0 Å². The zero-order valence-corrected chi connectivity index (χ0v) is 19.3. The Bertz CT molecular complexity index is 1380. The molecular formula is C17H16IN6O8S-. The summed E-state index contributed by atoms with van der Waals surface area (Å²) in [6.07, 6.45) is -4.27. The number of carbonyl (C=O) groups is 1. The molecule has 1 aromatic carbocycles. The number of phenols is 1. The number of anilines is 1. The molecule has 0 aliphatic carbocycles. The summed E-state index contributed by atoms with van der Waals surface area (Å²) in [7, 11) is -4.62. The molecule has 1 fully saturated rings. The molecule has 1 saturated heterocycles. The van der Waals surface area contributed by atoms with E-state index in [1.54, 1.807) is 4.72 Å². The number of aromatic nitrogens is 4. The molecular weight excluding hydrogens is 575 g/mol. The van der Waals surface area contributed by atoms with E-state index >= 15 is 0 Å². The molecule has 4 atom stereocenters. The number of nitrogens with one attached hydrogen (secondary N) is 1. The molecule has 2 aliphatic rings. The predicted octanol–water partition coefficient (Wildman–Crippen LogP) is -5.13. The van der Waals surface area contributed by atoms with Crippen LogP contribution < -0.4 is 31.7 Å². The van der Waals surface area contributed by atoms with E-state index in [-0.39, 0.29) is 22.5 Å². The Labute approximate surface area is 195 Å². The fourth-order valence-corrected chi connectivity index (χ4v) is 7.05. The monoisotopic (exact) mass is 591 g/mol. The number of nitrogens with two attached hydrogens (primary N) is 1. The van der Waals surface area contributed by atoms with E-state index in [0.717, 1.165) is 0 Å².